The second-order valence-corrected chi connectivity index (χ2v) is 3.89. The Labute approximate surface area is 115 Å². The zero-order chi connectivity index (χ0) is 14.5. The van der Waals surface area contributed by atoms with E-state index >= 15 is 0 Å². The van der Waals surface area contributed by atoms with Gasteiger partial charge in [0.15, 0.2) is 12.0 Å². The van der Waals surface area contributed by atoms with Crippen LogP contribution in [0.1, 0.15) is 27.8 Å². The van der Waals surface area contributed by atoms with Crippen molar-refractivity contribution in [3.63, 3.8) is 0 Å². The number of hydrogen-bond acceptors (Lipinski definition) is 5. The van der Waals surface area contributed by atoms with Gasteiger partial charge in [-0.2, -0.15) is 5.10 Å². The predicted molar refractivity (Wildman–Crippen MR) is 71.5 cm³/mol. The highest BCUT2D eigenvalue weighted by atomic mass is 16.5. The maximum atomic E-state index is 11.7. The van der Waals surface area contributed by atoms with Crippen molar-refractivity contribution in [3.8, 4) is 11.4 Å². The van der Waals surface area contributed by atoms with Crippen LogP contribution in [0.5, 0.6) is 5.75 Å². The molecule has 0 atom stereocenters. The fourth-order valence-electron chi connectivity index (χ4n) is 1.77. The number of carbonyl (C=O) groups is 2. The number of aldehydes is 1. The Morgan fingerprint density at radius 1 is 1.40 bits per heavy atom. The van der Waals surface area contributed by atoms with Crippen molar-refractivity contribution < 1.29 is 19.1 Å². The molecular weight excluding hydrogens is 260 g/mol. The molecule has 0 aliphatic carbocycles. The first-order chi connectivity index (χ1) is 9.71. The van der Waals surface area contributed by atoms with Crippen molar-refractivity contribution in [2.75, 3.05) is 13.7 Å². The van der Waals surface area contributed by atoms with Gasteiger partial charge in [-0.3, -0.25) is 4.79 Å². The number of ether oxygens (including phenoxy) is 2. The van der Waals surface area contributed by atoms with E-state index in [2.05, 4.69) is 5.10 Å². The number of para-hydroxylation sites is 2. The third-order valence-electron chi connectivity index (χ3n) is 2.67. The van der Waals surface area contributed by atoms with E-state index in [1.165, 1.54) is 18.0 Å². The highest BCUT2D eigenvalue weighted by molar-refractivity contribution is 5.96. The fraction of sp³-hybridized carbons (Fsp3) is 0.214. The molecular formula is C14H14N2O4. The second kappa shape index (κ2) is 6.01. The normalized spacial score (nSPS) is 10.1. The van der Waals surface area contributed by atoms with Crippen LogP contribution < -0.4 is 4.74 Å². The Kier molecular flexibility index (Phi) is 4.14. The quantitative estimate of drug-likeness (QED) is 0.615. The zero-order valence-electron chi connectivity index (χ0n) is 11.2. The van der Waals surface area contributed by atoms with Crippen molar-refractivity contribution >= 4 is 12.3 Å². The maximum absolute atomic E-state index is 11.7. The van der Waals surface area contributed by atoms with Crippen molar-refractivity contribution in [1.82, 2.24) is 9.78 Å². The summed E-state index contributed by atoms with van der Waals surface area (Å²) < 4.78 is 11.5. The van der Waals surface area contributed by atoms with Crippen LogP contribution in [-0.4, -0.2) is 35.8 Å². The summed E-state index contributed by atoms with van der Waals surface area (Å²) in [7, 11) is 1.54. The number of benzene rings is 1. The first-order valence-corrected chi connectivity index (χ1v) is 6.06. The zero-order valence-corrected chi connectivity index (χ0v) is 11.2. The number of rotatable bonds is 5. The summed E-state index contributed by atoms with van der Waals surface area (Å²) >= 11 is 0. The van der Waals surface area contributed by atoms with Gasteiger partial charge in [0, 0.05) is 6.20 Å². The molecule has 2 rings (SSSR count). The van der Waals surface area contributed by atoms with Crippen LogP contribution in [0.2, 0.25) is 0 Å². The molecule has 6 heteroatoms. The van der Waals surface area contributed by atoms with Gasteiger partial charge < -0.3 is 9.47 Å². The van der Waals surface area contributed by atoms with Crippen LogP contribution in [0, 0.1) is 0 Å². The summed E-state index contributed by atoms with van der Waals surface area (Å²) in [6, 6.07) is 7.17. The Balaban J connectivity index is 2.48. The monoisotopic (exact) mass is 274 g/mol. The van der Waals surface area contributed by atoms with Crippen LogP contribution in [-0.2, 0) is 4.74 Å². The predicted octanol–water partition coefficient (Wildman–Crippen LogP) is 1.87. The van der Waals surface area contributed by atoms with Gasteiger partial charge in [-0.25, -0.2) is 9.48 Å². The summed E-state index contributed by atoms with van der Waals surface area (Å²) in [5, 5.41) is 4.11. The molecule has 0 amide bonds. The number of methoxy groups -OCH3 is 1. The summed E-state index contributed by atoms with van der Waals surface area (Å²) in [6.07, 6.45) is 2.04. The lowest BCUT2D eigenvalue weighted by atomic mass is 10.2. The van der Waals surface area contributed by atoms with Crippen LogP contribution in [0.3, 0.4) is 0 Å². The number of hydrogen-bond donors (Lipinski definition) is 0. The highest BCUT2D eigenvalue weighted by Gasteiger charge is 2.19. The van der Waals surface area contributed by atoms with Gasteiger partial charge in [0.1, 0.15) is 11.4 Å². The van der Waals surface area contributed by atoms with Gasteiger partial charge in [-0.1, -0.05) is 12.1 Å². The van der Waals surface area contributed by atoms with Crippen LogP contribution >= 0.6 is 0 Å². The molecule has 0 bridgehead atoms. The summed E-state index contributed by atoms with van der Waals surface area (Å²) in [6.45, 7) is 1.91. The van der Waals surface area contributed by atoms with Crippen molar-refractivity contribution in [3.05, 3.63) is 41.7 Å². The third-order valence-corrected chi connectivity index (χ3v) is 2.67. The van der Waals surface area contributed by atoms with Crippen molar-refractivity contribution in [2.45, 2.75) is 6.92 Å². The standard InChI is InChI=1S/C14H14N2O4/c1-3-20-14(18)13-10(9-17)8-16(15-13)11-6-4-5-7-12(11)19-2/h4-9H,3H2,1-2H3. The third kappa shape index (κ3) is 2.54. The fourth-order valence-corrected chi connectivity index (χ4v) is 1.77. The number of nitrogens with zero attached hydrogens (tertiary/aromatic N) is 2. The molecule has 2 aromatic rings. The van der Waals surface area contributed by atoms with Gasteiger partial charge in [-0.05, 0) is 19.1 Å². The molecule has 0 spiro atoms. The summed E-state index contributed by atoms with van der Waals surface area (Å²) in [4.78, 5) is 22.8. The van der Waals surface area contributed by atoms with E-state index in [4.69, 9.17) is 9.47 Å². The Morgan fingerprint density at radius 2 is 2.15 bits per heavy atom. The number of aromatic nitrogens is 2. The average Bonchev–Trinajstić information content (AvgIpc) is 2.91. The Bertz CT molecular complexity index is 634. The minimum Gasteiger partial charge on any atom is -0.494 e. The lowest BCUT2D eigenvalue weighted by molar-refractivity contribution is 0.0517. The molecule has 0 saturated heterocycles. The summed E-state index contributed by atoms with van der Waals surface area (Å²) in [5.41, 5.74) is 0.802. The smallest absolute Gasteiger partial charge is 0.359 e. The van der Waals surface area contributed by atoms with Gasteiger partial charge in [0.25, 0.3) is 0 Å². The van der Waals surface area contributed by atoms with Gasteiger partial charge in [-0.15, -0.1) is 0 Å². The molecule has 1 heterocycles. The van der Waals surface area contributed by atoms with E-state index in [-0.39, 0.29) is 17.9 Å². The second-order valence-electron chi connectivity index (χ2n) is 3.89. The molecule has 0 fully saturated rings. The maximum Gasteiger partial charge on any atom is 0.359 e. The van der Waals surface area contributed by atoms with E-state index in [9.17, 15) is 9.59 Å². The molecule has 0 aliphatic heterocycles. The minimum absolute atomic E-state index is 0.00671. The molecule has 1 aromatic carbocycles. The largest absolute Gasteiger partial charge is 0.494 e. The Morgan fingerprint density at radius 3 is 2.80 bits per heavy atom. The highest BCUT2D eigenvalue weighted by Crippen LogP contribution is 2.22. The lowest BCUT2D eigenvalue weighted by Gasteiger charge is -2.07. The van der Waals surface area contributed by atoms with Crippen LogP contribution in [0.4, 0.5) is 0 Å². The molecule has 0 radical (unpaired) electrons. The SMILES string of the molecule is CCOC(=O)c1nn(-c2ccccc2OC)cc1C=O. The van der Waals surface area contributed by atoms with Gasteiger partial charge in [0.05, 0.1) is 19.3 Å². The number of esters is 1. The number of carbonyl (C=O) groups excluding carboxylic acids is 2. The topological polar surface area (TPSA) is 70.4 Å². The molecule has 20 heavy (non-hydrogen) atoms. The Hall–Kier alpha value is -2.63. The van der Waals surface area contributed by atoms with E-state index in [1.807, 2.05) is 12.1 Å². The van der Waals surface area contributed by atoms with Crippen LogP contribution in [0.25, 0.3) is 5.69 Å². The van der Waals surface area contributed by atoms with Crippen molar-refractivity contribution in [1.29, 1.82) is 0 Å². The van der Waals surface area contributed by atoms with E-state index in [0.717, 1.165) is 0 Å². The molecule has 0 aliphatic rings. The molecule has 1 aromatic heterocycles. The van der Waals surface area contributed by atoms with E-state index in [1.54, 1.807) is 19.1 Å². The van der Waals surface area contributed by atoms with Crippen molar-refractivity contribution in [2.24, 2.45) is 0 Å². The van der Waals surface area contributed by atoms with Gasteiger partial charge >= 0.3 is 5.97 Å². The molecule has 0 saturated carbocycles. The summed E-state index contributed by atoms with van der Waals surface area (Å²) in [5.74, 6) is -0.0360. The first-order valence-electron chi connectivity index (χ1n) is 6.06. The lowest BCUT2D eigenvalue weighted by Crippen LogP contribution is -2.08. The first kappa shape index (κ1) is 13.8. The van der Waals surface area contributed by atoms with E-state index < -0.39 is 5.97 Å². The molecule has 0 N–H and O–H groups in total. The minimum atomic E-state index is -0.622. The molecule has 0 unspecified atom stereocenters. The van der Waals surface area contributed by atoms with Crippen LogP contribution in [0.15, 0.2) is 30.5 Å². The average molecular weight is 274 g/mol. The van der Waals surface area contributed by atoms with E-state index in [0.29, 0.717) is 17.7 Å². The molecule has 104 valence electrons. The molecule has 6 nitrogen and oxygen atoms in total. The van der Waals surface area contributed by atoms with Gasteiger partial charge in [0.2, 0.25) is 0 Å².